The fourth-order valence-electron chi connectivity index (χ4n) is 4.41. The maximum Gasteiger partial charge on any atom is 0.219 e. The van der Waals surface area contributed by atoms with E-state index < -0.39 is 6.04 Å². The van der Waals surface area contributed by atoms with Gasteiger partial charge in [-0.25, -0.2) is 0 Å². The summed E-state index contributed by atoms with van der Waals surface area (Å²) in [6.07, 6.45) is 5.85. The number of rotatable bonds is 10. The van der Waals surface area contributed by atoms with Crippen LogP contribution >= 0.6 is 0 Å². The lowest BCUT2D eigenvalue weighted by Crippen LogP contribution is -2.33. The van der Waals surface area contributed by atoms with Gasteiger partial charge in [0.2, 0.25) is 5.91 Å². The number of aromatic nitrogens is 3. The highest BCUT2D eigenvalue weighted by molar-refractivity contribution is 5.83. The number of ketones is 1. The van der Waals surface area contributed by atoms with Gasteiger partial charge in [0.15, 0.2) is 5.82 Å². The molecule has 1 heterocycles. The Bertz CT molecular complexity index is 998. The maximum absolute atomic E-state index is 13.2. The standard InChI is InChI=1S/C27H40N4O2/c1-18-10-11-21(19(2)15-18)16-23(33)17-24(30(7)20(3)32)26-29-28-25(31(26)22-12-13-22)9-8-14-27(4,5)6/h10-11,15,22,24H,8-9,12-14,16-17H2,1-7H3/t24-/m0/s1. The quantitative estimate of drug-likeness (QED) is 0.489. The number of Topliss-reactive ketones (excluding diaryl/α,β-unsaturated/α-hetero) is 1. The summed E-state index contributed by atoms with van der Waals surface area (Å²) in [6.45, 7) is 12.4. The molecule has 3 rings (SSSR count). The molecule has 1 fully saturated rings. The molecule has 0 unspecified atom stereocenters. The van der Waals surface area contributed by atoms with Crippen molar-refractivity contribution in [1.29, 1.82) is 0 Å². The zero-order valence-corrected chi connectivity index (χ0v) is 21.4. The predicted octanol–water partition coefficient (Wildman–Crippen LogP) is 5.32. The van der Waals surface area contributed by atoms with E-state index in [2.05, 4.69) is 48.5 Å². The molecule has 6 nitrogen and oxygen atoms in total. The molecule has 0 aliphatic heterocycles. The van der Waals surface area contributed by atoms with Gasteiger partial charge in [0, 0.05) is 39.3 Å². The van der Waals surface area contributed by atoms with E-state index >= 15 is 0 Å². The number of aryl methyl sites for hydroxylation is 3. The van der Waals surface area contributed by atoms with Crippen molar-refractivity contribution in [3.8, 4) is 0 Å². The fraction of sp³-hybridized carbons (Fsp3) is 0.630. The van der Waals surface area contributed by atoms with Crippen LogP contribution in [0.3, 0.4) is 0 Å². The van der Waals surface area contributed by atoms with Crippen molar-refractivity contribution in [1.82, 2.24) is 19.7 Å². The highest BCUT2D eigenvalue weighted by Gasteiger charge is 2.35. The van der Waals surface area contributed by atoms with Gasteiger partial charge >= 0.3 is 0 Å². The molecule has 1 aliphatic rings. The van der Waals surface area contributed by atoms with E-state index in [0.717, 1.165) is 54.9 Å². The van der Waals surface area contributed by atoms with Gasteiger partial charge in [0.1, 0.15) is 11.6 Å². The lowest BCUT2D eigenvalue weighted by Gasteiger charge is -2.27. The number of carbonyl (C=O) groups excluding carboxylic acids is 2. The zero-order valence-electron chi connectivity index (χ0n) is 21.4. The third-order valence-corrected chi connectivity index (χ3v) is 6.60. The fourth-order valence-corrected chi connectivity index (χ4v) is 4.41. The maximum atomic E-state index is 13.2. The first-order chi connectivity index (χ1) is 15.5. The Morgan fingerprint density at radius 1 is 1.18 bits per heavy atom. The molecule has 180 valence electrons. The Kier molecular flexibility index (Phi) is 7.76. The molecule has 0 bridgehead atoms. The van der Waals surface area contributed by atoms with Gasteiger partial charge in [-0.1, -0.05) is 44.5 Å². The number of carbonyl (C=O) groups is 2. The van der Waals surface area contributed by atoms with E-state index in [1.807, 2.05) is 19.1 Å². The van der Waals surface area contributed by atoms with Crippen molar-refractivity contribution >= 4 is 11.7 Å². The van der Waals surface area contributed by atoms with E-state index in [1.165, 1.54) is 5.56 Å². The van der Waals surface area contributed by atoms with E-state index in [9.17, 15) is 9.59 Å². The highest BCUT2D eigenvalue weighted by Crippen LogP contribution is 2.39. The summed E-state index contributed by atoms with van der Waals surface area (Å²) >= 11 is 0. The van der Waals surface area contributed by atoms with Gasteiger partial charge in [-0.15, -0.1) is 10.2 Å². The van der Waals surface area contributed by atoms with Crippen molar-refractivity contribution in [2.45, 2.75) is 98.6 Å². The summed E-state index contributed by atoms with van der Waals surface area (Å²) in [4.78, 5) is 27.1. The minimum absolute atomic E-state index is 0.0704. The minimum atomic E-state index is -0.398. The van der Waals surface area contributed by atoms with Crippen LogP contribution in [0, 0.1) is 19.3 Å². The minimum Gasteiger partial charge on any atom is -0.335 e. The Labute approximate surface area is 198 Å². The Hall–Kier alpha value is -2.50. The summed E-state index contributed by atoms with van der Waals surface area (Å²) in [7, 11) is 1.77. The van der Waals surface area contributed by atoms with Crippen LogP contribution in [0.25, 0.3) is 0 Å². The van der Waals surface area contributed by atoms with Gasteiger partial charge < -0.3 is 9.47 Å². The highest BCUT2D eigenvalue weighted by atomic mass is 16.2. The summed E-state index contributed by atoms with van der Waals surface area (Å²) in [5.74, 6) is 1.79. The summed E-state index contributed by atoms with van der Waals surface area (Å²) in [5.41, 5.74) is 3.64. The van der Waals surface area contributed by atoms with Crippen LogP contribution < -0.4 is 0 Å². The molecule has 33 heavy (non-hydrogen) atoms. The van der Waals surface area contributed by atoms with E-state index in [0.29, 0.717) is 12.5 Å². The number of nitrogens with zero attached hydrogens (tertiary/aromatic N) is 4. The lowest BCUT2D eigenvalue weighted by molar-refractivity contribution is -0.131. The molecule has 0 spiro atoms. The Morgan fingerprint density at radius 2 is 1.88 bits per heavy atom. The number of benzene rings is 1. The Balaban J connectivity index is 1.83. The first-order valence-electron chi connectivity index (χ1n) is 12.2. The predicted molar refractivity (Wildman–Crippen MR) is 131 cm³/mol. The van der Waals surface area contributed by atoms with Crippen molar-refractivity contribution < 1.29 is 9.59 Å². The van der Waals surface area contributed by atoms with Gasteiger partial charge in [-0.2, -0.15) is 0 Å². The summed E-state index contributed by atoms with van der Waals surface area (Å²) in [6, 6.07) is 6.17. The second kappa shape index (κ2) is 10.2. The monoisotopic (exact) mass is 452 g/mol. The van der Waals surface area contributed by atoms with Gasteiger partial charge in [0.05, 0.1) is 6.04 Å². The molecule has 1 aromatic carbocycles. The van der Waals surface area contributed by atoms with Crippen LogP contribution in [0.4, 0.5) is 0 Å². The van der Waals surface area contributed by atoms with Crippen molar-refractivity contribution in [2.75, 3.05) is 7.05 Å². The molecular weight excluding hydrogens is 412 g/mol. The third kappa shape index (κ3) is 6.75. The van der Waals surface area contributed by atoms with E-state index in [-0.39, 0.29) is 23.5 Å². The summed E-state index contributed by atoms with van der Waals surface area (Å²) in [5, 5.41) is 9.09. The molecule has 1 atom stereocenters. The zero-order chi connectivity index (χ0) is 24.3. The first kappa shape index (κ1) is 25.1. The van der Waals surface area contributed by atoms with Gasteiger partial charge in [-0.05, 0) is 56.1 Å². The molecule has 1 aromatic heterocycles. The first-order valence-corrected chi connectivity index (χ1v) is 12.2. The SMILES string of the molecule is CC(=O)N(C)[C@@H](CC(=O)Cc1ccc(C)cc1C)c1nnc(CCCC(C)(C)C)n1C1CC1. The van der Waals surface area contributed by atoms with Crippen LogP contribution in [0.5, 0.6) is 0 Å². The molecule has 6 heteroatoms. The molecule has 0 N–H and O–H groups in total. The largest absolute Gasteiger partial charge is 0.335 e. The molecule has 1 amide bonds. The molecular formula is C27H40N4O2. The second-order valence-electron chi connectivity index (χ2n) is 11.0. The molecule has 0 saturated heterocycles. The van der Waals surface area contributed by atoms with Crippen LogP contribution in [0.1, 0.15) is 100 Å². The smallest absolute Gasteiger partial charge is 0.219 e. The molecule has 2 aromatic rings. The van der Waals surface area contributed by atoms with Gasteiger partial charge in [0.25, 0.3) is 0 Å². The van der Waals surface area contributed by atoms with Crippen molar-refractivity contribution in [2.24, 2.45) is 5.41 Å². The van der Waals surface area contributed by atoms with Crippen molar-refractivity contribution in [3.05, 3.63) is 46.5 Å². The lowest BCUT2D eigenvalue weighted by atomic mass is 9.90. The number of amides is 1. The third-order valence-electron chi connectivity index (χ3n) is 6.60. The second-order valence-corrected chi connectivity index (χ2v) is 11.0. The van der Waals surface area contributed by atoms with Crippen LogP contribution in [-0.4, -0.2) is 38.4 Å². The van der Waals surface area contributed by atoms with Crippen LogP contribution in [-0.2, 0) is 22.4 Å². The van der Waals surface area contributed by atoms with Crippen molar-refractivity contribution in [3.63, 3.8) is 0 Å². The number of hydrogen-bond donors (Lipinski definition) is 0. The van der Waals surface area contributed by atoms with Crippen LogP contribution in [0.2, 0.25) is 0 Å². The normalized spacial score (nSPS) is 14.9. The molecule has 0 radical (unpaired) electrons. The Morgan fingerprint density at radius 3 is 2.45 bits per heavy atom. The van der Waals surface area contributed by atoms with Gasteiger partial charge in [-0.3, -0.25) is 9.59 Å². The molecule has 1 saturated carbocycles. The number of hydrogen-bond acceptors (Lipinski definition) is 4. The topological polar surface area (TPSA) is 68.1 Å². The summed E-state index contributed by atoms with van der Waals surface area (Å²) < 4.78 is 2.23. The van der Waals surface area contributed by atoms with E-state index in [1.54, 1.807) is 18.9 Å². The average Bonchev–Trinajstić information content (AvgIpc) is 3.47. The van der Waals surface area contributed by atoms with Crippen LogP contribution in [0.15, 0.2) is 18.2 Å². The molecule has 1 aliphatic carbocycles. The average molecular weight is 453 g/mol. The van der Waals surface area contributed by atoms with E-state index in [4.69, 9.17) is 0 Å².